The average Bonchev–Trinajstić information content (AvgIpc) is 2.63. The van der Waals surface area contributed by atoms with Gasteiger partial charge in [-0.15, -0.1) is 0 Å². The van der Waals surface area contributed by atoms with E-state index in [1.54, 1.807) is 6.07 Å². The van der Waals surface area contributed by atoms with Gasteiger partial charge in [-0.1, -0.05) is 30.3 Å². The molecule has 0 aromatic heterocycles. The Hall–Kier alpha value is -3.29. The molecule has 0 aliphatic rings. The third-order valence-corrected chi connectivity index (χ3v) is 4.04. The first kappa shape index (κ1) is 21.0. The van der Waals surface area contributed by atoms with Crippen LogP contribution in [0.1, 0.15) is 18.1 Å². The Bertz CT molecular complexity index is 856. The van der Waals surface area contributed by atoms with Crippen LogP contribution < -0.4 is 10.6 Å². The van der Waals surface area contributed by atoms with Gasteiger partial charge >= 0.3 is 5.97 Å². The van der Waals surface area contributed by atoms with E-state index in [-0.39, 0.29) is 18.4 Å². The number of carbonyl (C=O) groups is 3. The normalized spacial score (nSPS) is 12.7. The summed E-state index contributed by atoms with van der Waals surface area (Å²) in [6.07, 6.45) is -0.213. The molecule has 0 bridgehead atoms. The van der Waals surface area contributed by atoms with Crippen molar-refractivity contribution in [1.29, 1.82) is 0 Å². The van der Waals surface area contributed by atoms with Gasteiger partial charge in [0.2, 0.25) is 11.8 Å². The Kier molecular flexibility index (Phi) is 7.20. The van der Waals surface area contributed by atoms with Crippen molar-refractivity contribution in [2.45, 2.75) is 31.8 Å². The van der Waals surface area contributed by atoms with Gasteiger partial charge in [-0.2, -0.15) is 0 Å². The molecule has 0 aliphatic heterocycles. The summed E-state index contributed by atoms with van der Waals surface area (Å²) in [5.74, 6) is -3.55. The number of carboxylic acid groups (broad SMARTS) is 1. The number of benzene rings is 2. The zero-order chi connectivity index (χ0) is 20.7. The highest BCUT2D eigenvalue weighted by molar-refractivity contribution is 5.90. The standard InChI is InChI=1S/C20H20F2N2O4/c1-12(25)23-17(11-14-4-2-3-5-16(14)22)19(26)24-18(20(27)28)10-13-6-8-15(21)9-7-13/h2-9,17-18H,10-11H2,1H3,(H,23,25)(H,24,26)(H,27,28)/t17-,18+/m1/s1. The third-order valence-electron chi connectivity index (χ3n) is 4.04. The number of hydrogen-bond donors (Lipinski definition) is 3. The predicted molar refractivity (Wildman–Crippen MR) is 97.4 cm³/mol. The van der Waals surface area contributed by atoms with Gasteiger partial charge < -0.3 is 15.7 Å². The topological polar surface area (TPSA) is 95.5 Å². The van der Waals surface area contributed by atoms with E-state index in [1.807, 2.05) is 0 Å². The summed E-state index contributed by atoms with van der Waals surface area (Å²) in [7, 11) is 0. The van der Waals surface area contributed by atoms with Crippen LogP contribution in [-0.4, -0.2) is 35.0 Å². The van der Waals surface area contributed by atoms with Crippen LogP contribution in [0.3, 0.4) is 0 Å². The number of rotatable bonds is 8. The number of nitrogens with one attached hydrogen (secondary N) is 2. The first-order valence-corrected chi connectivity index (χ1v) is 8.54. The van der Waals surface area contributed by atoms with Crippen LogP contribution in [-0.2, 0) is 27.2 Å². The van der Waals surface area contributed by atoms with Crippen LogP contribution in [0.25, 0.3) is 0 Å². The predicted octanol–water partition coefficient (Wildman–Crippen LogP) is 1.82. The molecule has 2 rings (SSSR count). The Balaban J connectivity index is 2.14. The molecule has 0 saturated heterocycles. The largest absolute Gasteiger partial charge is 0.480 e. The van der Waals surface area contributed by atoms with Gasteiger partial charge in [-0.25, -0.2) is 13.6 Å². The van der Waals surface area contributed by atoms with E-state index < -0.39 is 41.5 Å². The van der Waals surface area contributed by atoms with Gasteiger partial charge in [0.25, 0.3) is 0 Å². The second kappa shape index (κ2) is 9.59. The molecule has 28 heavy (non-hydrogen) atoms. The zero-order valence-electron chi connectivity index (χ0n) is 15.1. The zero-order valence-corrected chi connectivity index (χ0v) is 15.1. The Morgan fingerprint density at radius 2 is 1.57 bits per heavy atom. The van der Waals surface area contributed by atoms with E-state index in [4.69, 9.17) is 0 Å². The first-order chi connectivity index (χ1) is 13.3. The Labute approximate surface area is 160 Å². The third kappa shape index (κ3) is 6.15. The average molecular weight is 390 g/mol. The van der Waals surface area contributed by atoms with Crippen molar-refractivity contribution in [3.05, 3.63) is 71.3 Å². The van der Waals surface area contributed by atoms with E-state index >= 15 is 0 Å². The lowest BCUT2D eigenvalue weighted by atomic mass is 10.0. The fraction of sp³-hybridized carbons (Fsp3) is 0.250. The van der Waals surface area contributed by atoms with Crippen molar-refractivity contribution in [2.24, 2.45) is 0 Å². The van der Waals surface area contributed by atoms with Crippen molar-refractivity contribution in [3.8, 4) is 0 Å². The Morgan fingerprint density at radius 1 is 0.929 bits per heavy atom. The van der Waals surface area contributed by atoms with Gasteiger partial charge in [0.15, 0.2) is 0 Å². The molecule has 2 atom stereocenters. The van der Waals surface area contributed by atoms with Gasteiger partial charge in [0, 0.05) is 19.8 Å². The Morgan fingerprint density at radius 3 is 2.14 bits per heavy atom. The molecule has 0 spiro atoms. The fourth-order valence-electron chi connectivity index (χ4n) is 2.67. The van der Waals surface area contributed by atoms with Gasteiger partial charge in [-0.05, 0) is 29.3 Å². The molecule has 6 nitrogen and oxygen atoms in total. The van der Waals surface area contributed by atoms with Gasteiger partial charge in [0.1, 0.15) is 23.7 Å². The molecule has 0 heterocycles. The van der Waals surface area contributed by atoms with Crippen molar-refractivity contribution in [1.82, 2.24) is 10.6 Å². The lowest BCUT2D eigenvalue weighted by Crippen LogP contribution is -2.52. The quantitative estimate of drug-likeness (QED) is 0.641. The molecule has 0 saturated carbocycles. The smallest absolute Gasteiger partial charge is 0.326 e. The second-order valence-corrected chi connectivity index (χ2v) is 6.28. The SMILES string of the molecule is CC(=O)N[C@H](Cc1ccccc1F)C(=O)N[C@@H](Cc1ccc(F)cc1)C(=O)O. The van der Waals surface area contributed by atoms with E-state index in [0.717, 1.165) is 0 Å². The first-order valence-electron chi connectivity index (χ1n) is 8.54. The maximum absolute atomic E-state index is 13.9. The summed E-state index contributed by atoms with van der Waals surface area (Å²) in [4.78, 5) is 35.5. The van der Waals surface area contributed by atoms with Crippen molar-refractivity contribution >= 4 is 17.8 Å². The van der Waals surface area contributed by atoms with Crippen molar-refractivity contribution < 1.29 is 28.3 Å². The van der Waals surface area contributed by atoms with Crippen LogP contribution in [0.5, 0.6) is 0 Å². The molecule has 0 fully saturated rings. The molecular formula is C20H20F2N2O4. The second-order valence-electron chi connectivity index (χ2n) is 6.28. The van der Waals surface area contributed by atoms with Gasteiger partial charge in [-0.3, -0.25) is 9.59 Å². The number of amides is 2. The summed E-state index contributed by atoms with van der Waals surface area (Å²) >= 11 is 0. The van der Waals surface area contributed by atoms with Crippen LogP contribution >= 0.6 is 0 Å². The van der Waals surface area contributed by atoms with Crippen LogP contribution in [0.2, 0.25) is 0 Å². The van der Waals surface area contributed by atoms with E-state index in [1.165, 1.54) is 49.4 Å². The number of halogens is 2. The minimum Gasteiger partial charge on any atom is -0.480 e. The molecule has 2 amide bonds. The molecule has 0 aliphatic carbocycles. The maximum atomic E-state index is 13.9. The summed E-state index contributed by atoms with van der Waals surface area (Å²) in [6, 6.07) is 8.56. The summed E-state index contributed by atoms with van der Waals surface area (Å²) in [5, 5.41) is 14.2. The molecule has 0 radical (unpaired) electrons. The minimum atomic E-state index is -1.30. The number of carboxylic acids is 1. The molecule has 0 unspecified atom stereocenters. The monoisotopic (exact) mass is 390 g/mol. The van der Waals surface area contributed by atoms with Crippen LogP contribution in [0.15, 0.2) is 48.5 Å². The van der Waals surface area contributed by atoms with Gasteiger partial charge in [0.05, 0.1) is 0 Å². The maximum Gasteiger partial charge on any atom is 0.326 e. The van der Waals surface area contributed by atoms with Crippen LogP contribution in [0, 0.1) is 11.6 Å². The number of carbonyl (C=O) groups excluding carboxylic acids is 2. The highest BCUT2D eigenvalue weighted by Gasteiger charge is 2.27. The van der Waals surface area contributed by atoms with Crippen molar-refractivity contribution in [3.63, 3.8) is 0 Å². The molecular weight excluding hydrogens is 370 g/mol. The highest BCUT2D eigenvalue weighted by atomic mass is 19.1. The van der Waals surface area contributed by atoms with Crippen molar-refractivity contribution in [2.75, 3.05) is 0 Å². The lowest BCUT2D eigenvalue weighted by molar-refractivity contribution is -0.142. The highest BCUT2D eigenvalue weighted by Crippen LogP contribution is 2.11. The number of aliphatic carboxylic acids is 1. The van der Waals surface area contributed by atoms with Crippen LogP contribution in [0.4, 0.5) is 8.78 Å². The van der Waals surface area contributed by atoms with E-state index in [2.05, 4.69) is 10.6 Å². The summed E-state index contributed by atoms with van der Waals surface area (Å²) < 4.78 is 26.9. The number of hydrogen-bond acceptors (Lipinski definition) is 3. The minimum absolute atomic E-state index is 0.0756. The molecule has 148 valence electrons. The fourth-order valence-corrected chi connectivity index (χ4v) is 2.67. The lowest BCUT2D eigenvalue weighted by Gasteiger charge is -2.21. The van der Waals surface area contributed by atoms with E-state index in [0.29, 0.717) is 5.56 Å². The molecule has 3 N–H and O–H groups in total. The summed E-state index contributed by atoms with van der Waals surface area (Å²) in [6.45, 7) is 1.20. The molecule has 8 heteroatoms. The molecule has 2 aromatic rings. The molecule has 2 aromatic carbocycles. The van der Waals surface area contributed by atoms with E-state index in [9.17, 15) is 28.3 Å². The summed E-state index contributed by atoms with van der Waals surface area (Å²) in [5.41, 5.74) is 0.723.